The number of carbonyl (C=O) groups is 1. The molecular formula is C26H35N3O6S. The van der Waals surface area contributed by atoms with Gasteiger partial charge < -0.3 is 24.4 Å². The van der Waals surface area contributed by atoms with Crippen molar-refractivity contribution in [2.24, 2.45) is 0 Å². The highest BCUT2D eigenvalue weighted by atomic mass is 32.3. The van der Waals surface area contributed by atoms with E-state index in [9.17, 15) is 18.7 Å². The van der Waals surface area contributed by atoms with Crippen molar-refractivity contribution in [2.45, 2.75) is 52.6 Å². The molecule has 0 radical (unpaired) electrons. The second-order valence-electron chi connectivity index (χ2n) is 9.17. The van der Waals surface area contributed by atoms with Crippen LogP contribution in [-0.2, 0) is 13.0 Å². The molecule has 36 heavy (non-hydrogen) atoms. The minimum atomic E-state index is -2.50. The van der Waals surface area contributed by atoms with Gasteiger partial charge in [0.1, 0.15) is 11.3 Å². The molecule has 4 rings (SSSR count). The van der Waals surface area contributed by atoms with Crippen LogP contribution in [0.2, 0.25) is 0 Å². The molecule has 1 amide bonds. The fourth-order valence-corrected chi connectivity index (χ4v) is 6.64. The van der Waals surface area contributed by atoms with Crippen molar-refractivity contribution in [1.82, 2.24) is 10.3 Å². The fraction of sp³-hybridized carbons (Fsp3) is 0.462. The number of nitrogens with one attached hydrogen (secondary N) is 2. The smallest absolute Gasteiger partial charge is 0.256 e. The van der Waals surface area contributed by atoms with E-state index in [-0.39, 0.29) is 24.1 Å². The molecule has 0 aliphatic carbocycles. The average molecular weight is 518 g/mol. The van der Waals surface area contributed by atoms with Crippen molar-refractivity contribution in [3.05, 3.63) is 57.2 Å². The predicted octanol–water partition coefficient (Wildman–Crippen LogP) is 4.67. The zero-order valence-corrected chi connectivity index (χ0v) is 22.0. The van der Waals surface area contributed by atoms with Gasteiger partial charge in [-0.25, -0.2) is 0 Å². The van der Waals surface area contributed by atoms with E-state index in [2.05, 4.69) is 22.1 Å². The van der Waals surface area contributed by atoms with Gasteiger partial charge in [0, 0.05) is 46.9 Å². The van der Waals surface area contributed by atoms with E-state index in [1.807, 2.05) is 13.0 Å². The first-order valence-electron chi connectivity index (χ1n) is 12.3. The van der Waals surface area contributed by atoms with Gasteiger partial charge in [-0.3, -0.25) is 18.7 Å². The first-order valence-corrected chi connectivity index (χ1v) is 14.2. The number of anilines is 1. The van der Waals surface area contributed by atoms with Gasteiger partial charge in [0.25, 0.3) is 11.5 Å². The van der Waals surface area contributed by atoms with Crippen LogP contribution in [-0.4, -0.2) is 51.2 Å². The Morgan fingerprint density at radius 3 is 2.61 bits per heavy atom. The summed E-state index contributed by atoms with van der Waals surface area (Å²) in [4.78, 5) is 31.2. The van der Waals surface area contributed by atoms with E-state index in [0.717, 1.165) is 11.3 Å². The molecule has 2 aromatic heterocycles. The third-order valence-corrected chi connectivity index (χ3v) is 8.73. The second kappa shape index (κ2) is 10.6. The lowest BCUT2D eigenvalue weighted by atomic mass is 9.96. The fourth-order valence-electron chi connectivity index (χ4n) is 5.14. The summed E-state index contributed by atoms with van der Waals surface area (Å²) in [5.74, 6) is 0.906. The number of fused-ring (bicyclic) bond motifs is 1. The van der Waals surface area contributed by atoms with E-state index in [4.69, 9.17) is 9.15 Å². The molecule has 1 fully saturated rings. The van der Waals surface area contributed by atoms with Crippen molar-refractivity contribution in [1.29, 1.82) is 0 Å². The second-order valence-corrected chi connectivity index (χ2v) is 11.6. The molecule has 1 aliphatic heterocycles. The van der Waals surface area contributed by atoms with E-state index in [1.54, 1.807) is 25.3 Å². The van der Waals surface area contributed by atoms with Gasteiger partial charge in [-0.1, -0.05) is 6.92 Å². The Morgan fingerprint density at radius 2 is 1.97 bits per heavy atom. The minimum Gasteiger partial charge on any atom is -0.496 e. The Labute approximate surface area is 212 Å². The SMILES string of the molecule is CCc1c(N(CC)C2CCS(O)(O)CC2)cc2occc2c1C(=O)NCc1c(OC)cc(C)[nH]c1=O. The van der Waals surface area contributed by atoms with Gasteiger partial charge >= 0.3 is 0 Å². The molecule has 0 spiro atoms. The number of methoxy groups -OCH3 is 1. The Balaban J connectivity index is 1.71. The standard InChI is InChI=1S/C26H35N3O6S/c1-5-18-21(29(6-2)17-8-11-36(32,33)12-9-17)14-23-19(7-10-35-23)24(18)26(31)27-15-20-22(34-4)13-16(3)28-25(20)30/h7,10,13-14,17,32-33H,5-6,8-9,11-12,15H2,1-4H3,(H,27,31)(H,28,30). The van der Waals surface area contributed by atoms with Crippen LogP contribution in [0, 0.1) is 6.92 Å². The van der Waals surface area contributed by atoms with Gasteiger partial charge in [-0.15, -0.1) is 0 Å². The minimum absolute atomic E-state index is 0.0162. The first kappa shape index (κ1) is 26.1. The molecule has 3 heterocycles. The first-order chi connectivity index (χ1) is 17.2. The summed E-state index contributed by atoms with van der Waals surface area (Å²) in [6, 6.07) is 5.64. The van der Waals surface area contributed by atoms with Crippen molar-refractivity contribution in [3.8, 4) is 5.75 Å². The van der Waals surface area contributed by atoms with Crippen LogP contribution in [0.15, 0.2) is 33.7 Å². The highest BCUT2D eigenvalue weighted by molar-refractivity contribution is 8.24. The molecule has 0 atom stereocenters. The highest BCUT2D eigenvalue weighted by Gasteiger charge is 2.30. The van der Waals surface area contributed by atoms with Crippen molar-refractivity contribution in [3.63, 3.8) is 0 Å². The van der Waals surface area contributed by atoms with E-state index < -0.39 is 10.6 Å². The maximum Gasteiger partial charge on any atom is 0.256 e. The molecule has 10 heteroatoms. The summed E-state index contributed by atoms with van der Waals surface area (Å²) in [6.07, 6.45) is 3.54. The van der Waals surface area contributed by atoms with Gasteiger partial charge in [-0.05, 0) is 50.8 Å². The molecule has 0 saturated carbocycles. The summed E-state index contributed by atoms with van der Waals surface area (Å²) >= 11 is 0. The number of aryl methyl sites for hydroxylation is 1. The topological polar surface area (TPSA) is 128 Å². The number of hydrogen-bond donors (Lipinski definition) is 4. The number of nitrogens with zero attached hydrogens (tertiary/aromatic N) is 1. The summed E-state index contributed by atoms with van der Waals surface area (Å²) in [5, 5.41) is 3.63. The summed E-state index contributed by atoms with van der Waals surface area (Å²) in [6.45, 7) is 6.58. The van der Waals surface area contributed by atoms with E-state index >= 15 is 0 Å². The molecule has 3 aromatic rings. The number of hydrogen-bond acceptors (Lipinski definition) is 7. The molecule has 196 valence electrons. The van der Waals surface area contributed by atoms with Crippen LogP contribution in [0.1, 0.15) is 53.9 Å². The normalized spacial score (nSPS) is 16.6. The molecular weight excluding hydrogens is 482 g/mol. The number of furan rings is 1. The van der Waals surface area contributed by atoms with Gasteiger partial charge in [0.2, 0.25) is 0 Å². The Kier molecular flexibility index (Phi) is 7.67. The van der Waals surface area contributed by atoms with Gasteiger partial charge in [-0.2, -0.15) is 10.6 Å². The maximum absolute atomic E-state index is 13.6. The van der Waals surface area contributed by atoms with Crippen molar-refractivity contribution < 1.29 is 23.1 Å². The lowest BCUT2D eigenvalue weighted by molar-refractivity contribution is 0.0951. The Bertz CT molecular complexity index is 1300. The van der Waals surface area contributed by atoms with E-state index in [0.29, 0.717) is 70.9 Å². The third kappa shape index (κ3) is 5.11. The zero-order valence-electron chi connectivity index (χ0n) is 21.2. The number of aromatic amines is 1. The van der Waals surface area contributed by atoms with Gasteiger partial charge in [0.15, 0.2) is 0 Å². The highest BCUT2D eigenvalue weighted by Crippen LogP contribution is 2.46. The number of carbonyl (C=O) groups excluding carboxylic acids is 1. The molecule has 1 aliphatic rings. The zero-order chi connectivity index (χ0) is 26.0. The third-order valence-electron chi connectivity index (χ3n) is 6.95. The molecule has 1 aromatic carbocycles. The molecule has 9 nitrogen and oxygen atoms in total. The predicted molar refractivity (Wildman–Crippen MR) is 144 cm³/mol. The molecule has 0 unspecified atom stereocenters. The summed E-state index contributed by atoms with van der Waals surface area (Å²) < 4.78 is 31.3. The van der Waals surface area contributed by atoms with Crippen LogP contribution in [0.5, 0.6) is 5.75 Å². The number of pyridine rings is 1. The average Bonchev–Trinajstić information content (AvgIpc) is 3.31. The number of rotatable bonds is 8. The van der Waals surface area contributed by atoms with Crippen LogP contribution in [0.4, 0.5) is 5.69 Å². The van der Waals surface area contributed by atoms with Crippen molar-refractivity contribution in [2.75, 3.05) is 30.1 Å². The lowest BCUT2D eigenvalue weighted by Crippen LogP contribution is -2.41. The lowest BCUT2D eigenvalue weighted by Gasteiger charge is -2.44. The quantitative estimate of drug-likeness (QED) is 0.342. The number of benzene rings is 1. The number of H-pyrrole nitrogens is 1. The largest absolute Gasteiger partial charge is 0.496 e. The maximum atomic E-state index is 13.6. The molecule has 0 bridgehead atoms. The van der Waals surface area contributed by atoms with Crippen LogP contribution in [0.3, 0.4) is 0 Å². The van der Waals surface area contributed by atoms with Crippen LogP contribution in [0.25, 0.3) is 11.0 Å². The van der Waals surface area contributed by atoms with Crippen molar-refractivity contribution >= 4 is 33.2 Å². The number of ether oxygens (including phenoxy) is 1. The number of amides is 1. The number of aromatic nitrogens is 1. The monoisotopic (exact) mass is 517 g/mol. The summed E-state index contributed by atoms with van der Waals surface area (Å²) in [7, 11) is -0.999. The molecule has 1 saturated heterocycles. The van der Waals surface area contributed by atoms with Crippen LogP contribution >= 0.6 is 10.6 Å². The molecule has 4 N–H and O–H groups in total. The van der Waals surface area contributed by atoms with Gasteiger partial charge in [0.05, 0.1) is 31.0 Å². The van der Waals surface area contributed by atoms with Crippen LogP contribution < -0.4 is 20.5 Å². The Morgan fingerprint density at radius 1 is 1.25 bits per heavy atom. The Hall–Kier alpha value is -2.95. The van der Waals surface area contributed by atoms with E-state index in [1.165, 1.54) is 7.11 Å². The summed E-state index contributed by atoms with van der Waals surface area (Å²) in [5.41, 5.74) is 3.68.